The van der Waals surface area contributed by atoms with E-state index in [0.29, 0.717) is 18.7 Å². The van der Waals surface area contributed by atoms with Gasteiger partial charge in [-0.1, -0.05) is 17.7 Å². The van der Waals surface area contributed by atoms with Crippen molar-refractivity contribution < 1.29 is 14.3 Å². The van der Waals surface area contributed by atoms with Crippen LogP contribution in [0.25, 0.3) is 0 Å². The van der Waals surface area contributed by atoms with Gasteiger partial charge in [0.2, 0.25) is 0 Å². The maximum absolute atomic E-state index is 13.1. The third-order valence-corrected chi connectivity index (χ3v) is 3.56. The van der Waals surface area contributed by atoms with E-state index in [2.05, 4.69) is 5.32 Å². The van der Waals surface area contributed by atoms with E-state index >= 15 is 0 Å². The fourth-order valence-electron chi connectivity index (χ4n) is 2.33. The number of halogens is 2. The van der Waals surface area contributed by atoms with Crippen molar-refractivity contribution in [2.75, 3.05) is 26.2 Å². The highest BCUT2D eigenvalue weighted by Crippen LogP contribution is 2.29. The Bertz CT molecular complexity index is 462. The van der Waals surface area contributed by atoms with Crippen LogP contribution >= 0.6 is 11.6 Å². The van der Waals surface area contributed by atoms with Crippen LogP contribution in [-0.2, 0) is 4.79 Å². The molecule has 2 rings (SSSR count). The van der Waals surface area contributed by atoms with E-state index in [4.69, 9.17) is 11.6 Å². The molecule has 1 saturated heterocycles. The SMILES string of the molecule is O=C(O)C(c1ccc(F)cc1Cl)N1CCCNCC1. The number of hydrogen-bond acceptors (Lipinski definition) is 3. The minimum absolute atomic E-state index is 0.157. The highest BCUT2D eigenvalue weighted by Gasteiger charge is 2.29. The van der Waals surface area contributed by atoms with Gasteiger partial charge >= 0.3 is 5.97 Å². The van der Waals surface area contributed by atoms with Gasteiger partial charge in [-0.25, -0.2) is 4.39 Å². The average molecular weight is 287 g/mol. The van der Waals surface area contributed by atoms with E-state index in [0.717, 1.165) is 25.6 Å². The first-order chi connectivity index (χ1) is 9.09. The van der Waals surface area contributed by atoms with E-state index in [1.54, 1.807) is 0 Å². The molecule has 1 aliphatic rings. The van der Waals surface area contributed by atoms with Crippen molar-refractivity contribution in [3.05, 3.63) is 34.6 Å². The van der Waals surface area contributed by atoms with E-state index in [-0.39, 0.29) is 5.02 Å². The summed E-state index contributed by atoms with van der Waals surface area (Å²) >= 11 is 5.98. The molecule has 0 amide bonds. The largest absolute Gasteiger partial charge is 0.480 e. The average Bonchev–Trinajstić information content (AvgIpc) is 2.61. The number of nitrogens with zero attached hydrogens (tertiary/aromatic N) is 1. The first-order valence-electron chi connectivity index (χ1n) is 6.22. The lowest BCUT2D eigenvalue weighted by atomic mass is 10.0. The van der Waals surface area contributed by atoms with Crippen LogP contribution in [0.5, 0.6) is 0 Å². The molecule has 0 spiro atoms. The maximum Gasteiger partial charge on any atom is 0.325 e. The van der Waals surface area contributed by atoms with Gasteiger partial charge in [-0.15, -0.1) is 0 Å². The molecular formula is C13H16ClFN2O2. The molecule has 1 heterocycles. The zero-order chi connectivity index (χ0) is 13.8. The van der Waals surface area contributed by atoms with E-state index < -0.39 is 17.8 Å². The van der Waals surface area contributed by atoms with Crippen molar-refractivity contribution in [3.63, 3.8) is 0 Å². The Morgan fingerprint density at radius 1 is 1.42 bits per heavy atom. The summed E-state index contributed by atoms with van der Waals surface area (Å²) in [5, 5.41) is 12.8. The quantitative estimate of drug-likeness (QED) is 0.891. The molecule has 0 aromatic heterocycles. The van der Waals surface area contributed by atoms with Crippen LogP contribution in [0.2, 0.25) is 5.02 Å². The van der Waals surface area contributed by atoms with E-state index in [1.807, 2.05) is 4.90 Å². The minimum Gasteiger partial charge on any atom is -0.480 e. The summed E-state index contributed by atoms with van der Waals surface area (Å²) in [4.78, 5) is 13.4. The van der Waals surface area contributed by atoms with Crippen molar-refractivity contribution in [1.82, 2.24) is 10.2 Å². The Balaban J connectivity index is 2.30. The van der Waals surface area contributed by atoms with Crippen molar-refractivity contribution in [2.24, 2.45) is 0 Å². The summed E-state index contributed by atoms with van der Waals surface area (Å²) in [5.74, 6) is -1.43. The third-order valence-electron chi connectivity index (χ3n) is 3.23. The molecule has 0 aliphatic carbocycles. The van der Waals surface area contributed by atoms with Crippen LogP contribution in [-0.4, -0.2) is 42.2 Å². The lowest BCUT2D eigenvalue weighted by Gasteiger charge is -2.28. The van der Waals surface area contributed by atoms with Crippen molar-refractivity contribution in [3.8, 4) is 0 Å². The van der Waals surface area contributed by atoms with Gasteiger partial charge in [0, 0.05) is 24.7 Å². The molecule has 19 heavy (non-hydrogen) atoms. The number of aliphatic carboxylic acids is 1. The van der Waals surface area contributed by atoms with Gasteiger partial charge in [0.15, 0.2) is 0 Å². The molecule has 1 atom stereocenters. The normalized spacial score (nSPS) is 18.8. The highest BCUT2D eigenvalue weighted by molar-refractivity contribution is 6.31. The van der Waals surface area contributed by atoms with Crippen LogP contribution in [0.1, 0.15) is 18.0 Å². The summed E-state index contributed by atoms with van der Waals surface area (Å²) in [5.41, 5.74) is 0.442. The van der Waals surface area contributed by atoms with Gasteiger partial charge in [0.25, 0.3) is 0 Å². The van der Waals surface area contributed by atoms with Crippen LogP contribution in [0.4, 0.5) is 4.39 Å². The third kappa shape index (κ3) is 3.43. The number of rotatable bonds is 3. The Morgan fingerprint density at radius 3 is 2.89 bits per heavy atom. The first kappa shape index (κ1) is 14.2. The molecule has 4 nitrogen and oxygen atoms in total. The van der Waals surface area contributed by atoms with E-state index in [9.17, 15) is 14.3 Å². The van der Waals surface area contributed by atoms with Crippen LogP contribution in [0, 0.1) is 5.82 Å². The van der Waals surface area contributed by atoms with Crippen LogP contribution < -0.4 is 5.32 Å². The highest BCUT2D eigenvalue weighted by atomic mass is 35.5. The smallest absolute Gasteiger partial charge is 0.325 e. The van der Waals surface area contributed by atoms with Crippen molar-refractivity contribution in [2.45, 2.75) is 12.5 Å². The predicted molar refractivity (Wildman–Crippen MR) is 70.8 cm³/mol. The van der Waals surface area contributed by atoms with Gasteiger partial charge < -0.3 is 10.4 Å². The molecule has 1 aromatic carbocycles. The fraction of sp³-hybridized carbons (Fsp3) is 0.462. The van der Waals surface area contributed by atoms with Gasteiger partial charge in [-0.05, 0) is 30.7 Å². The summed E-state index contributed by atoms with van der Waals surface area (Å²) < 4.78 is 13.1. The number of carboxylic acids is 1. The van der Waals surface area contributed by atoms with Gasteiger partial charge in [-0.3, -0.25) is 9.69 Å². The second-order valence-electron chi connectivity index (χ2n) is 4.55. The molecule has 1 unspecified atom stereocenters. The number of benzene rings is 1. The summed E-state index contributed by atoms with van der Waals surface area (Å²) in [7, 11) is 0. The molecular weight excluding hydrogens is 271 g/mol. The number of nitrogens with one attached hydrogen (secondary N) is 1. The summed E-state index contributed by atoms with van der Waals surface area (Å²) in [6.45, 7) is 2.92. The Kier molecular flexibility index (Phi) is 4.74. The molecule has 104 valence electrons. The van der Waals surface area contributed by atoms with Gasteiger partial charge in [0.05, 0.1) is 0 Å². The van der Waals surface area contributed by atoms with Crippen LogP contribution in [0.3, 0.4) is 0 Å². The first-order valence-corrected chi connectivity index (χ1v) is 6.60. The maximum atomic E-state index is 13.1. The predicted octanol–water partition coefficient (Wildman–Crippen LogP) is 1.90. The summed E-state index contributed by atoms with van der Waals surface area (Å²) in [6, 6.07) is 3.03. The minimum atomic E-state index is -0.963. The Hall–Kier alpha value is -1.17. The second-order valence-corrected chi connectivity index (χ2v) is 4.95. The van der Waals surface area contributed by atoms with Crippen molar-refractivity contribution in [1.29, 1.82) is 0 Å². The standard InChI is InChI=1S/C13H16ClFN2O2/c14-11-8-9(15)2-3-10(11)12(13(18)19)17-6-1-4-16-5-7-17/h2-3,8,12,16H,1,4-7H2,(H,18,19). The molecule has 1 aromatic rings. The molecule has 1 aliphatic heterocycles. The number of carbonyl (C=O) groups is 1. The molecule has 0 saturated carbocycles. The zero-order valence-electron chi connectivity index (χ0n) is 10.4. The van der Waals surface area contributed by atoms with Crippen molar-refractivity contribution >= 4 is 17.6 Å². The molecule has 2 N–H and O–H groups in total. The topological polar surface area (TPSA) is 52.6 Å². The lowest BCUT2D eigenvalue weighted by Crippen LogP contribution is -2.36. The number of hydrogen-bond donors (Lipinski definition) is 2. The second kappa shape index (κ2) is 6.32. The Labute approximate surface area is 116 Å². The lowest BCUT2D eigenvalue weighted by molar-refractivity contribution is -0.143. The van der Waals surface area contributed by atoms with Gasteiger partial charge in [0.1, 0.15) is 11.9 Å². The Morgan fingerprint density at radius 2 is 2.21 bits per heavy atom. The monoisotopic (exact) mass is 286 g/mol. The summed E-state index contributed by atoms with van der Waals surface area (Å²) in [6.07, 6.45) is 0.878. The van der Waals surface area contributed by atoms with Crippen LogP contribution in [0.15, 0.2) is 18.2 Å². The van der Waals surface area contributed by atoms with E-state index in [1.165, 1.54) is 12.1 Å². The molecule has 0 radical (unpaired) electrons. The molecule has 6 heteroatoms. The number of carboxylic acid groups (broad SMARTS) is 1. The molecule has 1 fully saturated rings. The molecule has 0 bridgehead atoms. The zero-order valence-corrected chi connectivity index (χ0v) is 11.2. The fourth-order valence-corrected chi connectivity index (χ4v) is 2.60. The van der Waals surface area contributed by atoms with Gasteiger partial charge in [-0.2, -0.15) is 0 Å².